The molecule has 6 heteroatoms. The van der Waals surface area contributed by atoms with Gasteiger partial charge in [-0.25, -0.2) is 4.98 Å². The van der Waals surface area contributed by atoms with Gasteiger partial charge in [-0.1, -0.05) is 140 Å². The fraction of sp³-hybridized carbons (Fsp3) is 0. The van der Waals surface area contributed by atoms with Crippen LogP contribution in [0, 0.1) is 0 Å². The maximum atomic E-state index is 6.75. The van der Waals surface area contributed by atoms with Crippen molar-refractivity contribution < 1.29 is 4.42 Å². The lowest BCUT2D eigenvalue weighted by Crippen LogP contribution is -2.07. The Labute approximate surface area is 336 Å². The lowest BCUT2D eigenvalue weighted by molar-refractivity contribution is 0.669. The number of hydrogen-bond acceptors (Lipinski definition) is 4. The Morgan fingerprint density at radius 2 is 0.915 bits per heavy atom. The van der Waals surface area contributed by atoms with E-state index in [4.69, 9.17) is 19.4 Å². The molecule has 0 aliphatic carbocycles. The first kappa shape index (κ1) is 32.0. The van der Waals surface area contributed by atoms with E-state index in [-0.39, 0.29) is 0 Å². The second kappa shape index (κ2) is 12.2. The molecule has 0 spiro atoms. The van der Waals surface area contributed by atoms with Crippen LogP contribution in [0.2, 0.25) is 0 Å². The van der Waals surface area contributed by atoms with Crippen molar-refractivity contribution in [2.24, 2.45) is 0 Å². The fourth-order valence-corrected chi connectivity index (χ4v) is 9.33. The summed E-state index contributed by atoms with van der Waals surface area (Å²) in [5.74, 6) is 1.69. The zero-order chi connectivity index (χ0) is 38.6. The van der Waals surface area contributed by atoms with Gasteiger partial charge in [0.15, 0.2) is 11.6 Å². The topological polar surface area (TPSA) is 61.7 Å². The van der Waals surface area contributed by atoms with Crippen molar-refractivity contribution in [1.82, 2.24) is 24.1 Å². The number of benzene rings is 9. The average molecular weight is 754 g/mol. The van der Waals surface area contributed by atoms with Crippen molar-refractivity contribution in [3.63, 3.8) is 0 Å². The third-order valence-corrected chi connectivity index (χ3v) is 11.9. The van der Waals surface area contributed by atoms with Crippen LogP contribution in [0.15, 0.2) is 192 Å². The quantitative estimate of drug-likeness (QED) is 0.180. The highest BCUT2D eigenvalue weighted by Crippen LogP contribution is 2.42. The van der Waals surface area contributed by atoms with Crippen LogP contribution >= 0.6 is 0 Å². The molecule has 13 rings (SSSR count). The first-order valence-corrected chi connectivity index (χ1v) is 19.9. The van der Waals surface area contributed by atoms with Gasteiger partial charge in [-0.05, 0) is 70.1 Å². The third-order valence-electron chi connectivity index (χ3n) is 11.9. The summed E-state index contributed by atoms with van der Waals surface area (Å²) in [5, 5.41) is 11.3. The largest absolute Gasteiger partial charge is 0.456 e. The first-order chi connectivity index (χ1) is 29.2. The predicted molar refractivity (Wildman–Crippen MR) is 242 cm³/mol. The lowest BCUT2D eigenvalue weighted by atomic mass is 10.0. The van der Waals surface area contributed by atoms with Crippen molar-refractivity contribution >= 4 is 87.1 Å². The van der Waals surface area contributed by atoms with E-state index >= 15 is 0 Å². The van der Waals surface area contributed by atoms with Crippen molar-refractivity contribution in [3.8, 4) is 34.4 Å². The summed E-state index contributed by atoms with van der Waals surface area (Å²) in [6.07, 6.45) is 0. The third kappa shape index (κ3) is 4.71. The van der Waals surface area contributed by atoms with Gasteiger partial charge >= 0.3 is 0 Å². The van der Waals surface area contributed by atoms with E-state index in [1.165, 1.54) is 21.5 Å². The zero-order valence-electron chi connectivity index (χ0n) is 31.5. The number of rotatable bonds is 4. The van der Waals surface area contributed by atoms with Gasteiger partial charge in [-0.15, -0.1) is 0 Å². The fourth-order valence-electron chi connectivity index (χ4n) is 9.33. The number of aromatic nitrogens is 5. The van der Waals surface area contributed by atoms with E-state index in [1.54, 1.807) is 0 Å². The van der Waals surface area contributed by atoms with Crippen molar-refractivity contribution in [2.45, 2.75) is 0 Å². The molecule has 0 atom stereocenters. The average Bonchev–Trinajstić information content (AvgIpc) is 3.95. The molecule has 0 amide bonds. The molecule has 0 bridgehead atoms. The summed E-state index contributed by atoms with van der Waals surface area (Å²) in [5.41, 5.74) is 8.63. The minimum absolute atomic E-state index is 0.546. The highest BCUT2D eigenvalue weighted by Gasteiger charge is 2.23. The van der Waals surface area contributed by atoms with Gasteiger partial charge in [0, 0.05) is 38.1 Å². The summed E-state index contributed by atoms with van der Waals surface area (Å²) in [6, 6.07) is 66.1. The van der Waals surface area contributed by atoms with Crippen LogP contribution in [0.25, 0.3) is 122 Å². The van der Waals surface area contributed by atoms with Crippen LogP contribution in [-0.2, 0) is 0 Å². The van der Waals surface area contributed by atoms with Gasteiger partial charge in [-0.2, -0.15) is 9.97 Å². The standard InChI is InChI=1S/C53H31N5O/c1-2-16-34-29-46-42(28-33(34)15-1)39-21-7-9-24-43(39)57(46)47-30-35(31-49-50(47)41-22-8-12-27-48(41)59-49)51-54-52(40-23-13-17-32-14-3-4-18-36(32)40)56-53(55-51)58-44-25-10-5-19-37(44)38-20-6-11-26-45(38)58/h1-31H. The molecule has 4 heterocycles. The predicted octanol–water partition coefficient (Wildman–Crippen LogP) is 13.6. The van der Waals surface area contributed by atoms with Crippen LogP contribution in [0.5, 0.6) is 0 Å². The first-order valence-electron chi connectivity index (χ1n) is 19.9. The highest BCUT2D eigenvalue weighted by atomic mass is 16.3. The number of para-hydroxylation sites is 4. The van der Waals surface area contributed by atoms with E-state index < -0.39 is 0 Å². The SMILES string of the molecule is c1ccc2cc3c(cc2c1)c1ccccc1n3-c1cc(-c2nc(-c3cccc4ccccc34)nc(-n3c4ccccc4c4ccccc43)n2)cc2oc3ccccc3c12. The molecule has 0 saturated heterocycles. The molecule has 0 radical (unpaired) electrons. The van der Waals surface area contributed by atoms with Crippen LogP contribution in [0.1, 0.15) is 0 Å². The van der Waals surface area contributed by atoms with E-state index in [9.17, 15) is 0 Å². The molecule has 59 heavy (non-hydrogen) atoms. The number of furan rings is 1. The molecule has 13 aromatic rings. The minimum Gasteiger partial charge on any atom is -0.456 e. The van der Waals surface area contributed by atoms with Gasteiger partial charge in [0.05, 0.1) is 33.1 Å². The molecule has 0 aliphatic rings. The van der Waals surface area contributed by atoms with Gasteiger partial charge < -0.3 is 8.98 Å². The van der Waals surface area contributed by atoms with Gasteiger partial charge in [-0.3, -0.25) is 4.57 Å². The number of hydrogen-bond donors (Lipinski definition) is 0. The second-order valence-corrected chi connectivity index (χ2v) is 15.2. The maximum absolute atomic E-state index is 6.75. The van der Waals surface area contributed by atoms with E-state index in [0.29, 0.717) is 17.6 Å². The summed E-state index contributed by atoms with van der Waals surface area (Å²) >= 11 is 0. The van der Waals surface area contributed by atoms with Crippen LogP contribution in [-0.4, -0.2) is 24.1 Å². The Morgan fingerprint density at radius 1 is 0.356 bits per heavy atom. The van der Waals surface area contributed by atoms with E-state index in [0.717, 1.165) is 82.4 Å². The molecule has 0 aliphatic heterocycles. The smallest absolute Gasteiger partial charge is 0.238 e. The molecular formula is C53H31N5O. The molecule has 6 nitrogen and oxygen atoms in total. The molecule has 0 saturated carbocycles. The molecule has 9 aromatic carbocycles. The summed E-state index contributed by atoms with van der Waals surface area (Å²) < 4.78 is 11.3. The van der Waals surface area contributed by atoms with Crippen molar-refractivity contribution in [3.05, 3.63) is 188 Å². The van der Waals surface area contributed by atoms with Gasteiger partial charge in [0.2, 0.25) is 5.95 Å². The molecule has 4 aromatic heterocycles. The maximum Gasteiger partial charge on any atom is 0.238 e. The van der Waals surface area contributed by atoms with Crippen molar-refractivity contribution in [2.75, 3.05) is 0 Å². The molecule has 0 fully saturated rings. The molecule has 0 unspecified atom stereocenters. The molecular weight excluding hydrogens is 723 g/mol. The van der Waals surface area contributed by atoms with Crippen LogP contribution < -0.4 is 0 Å². The highest BCUT2D eigenvalue weighted by molar-refractivity contribution is 6.17. The lowest BCUT2D eigenvalue weighted by Gasteiger charge is -2.14. The Morgan fingerprint density at radius 3 is 1.66 bits per heavy atom. The van der Waals surface area contributed by atoms with Gasteiger partial charge in [0.1, 0.15) is 11.2 Å². The summed E-state index contributed by atoms with van der Waals surface area (Å²) in [4.78, 5) is 16.1. The normalized spacial score (nSPS) is 12.1. The van der Waals surface area contributed by atoms with Crippen LogP contribution in [0.4, 0.5) is 0 Å². The molecule has 0 N–H and O–H groups in total. The molecule has 274 valence electrons. The Kier molecular flexibility index (Phi) is 6.63. The Balaban J connectivity index is 1.16. The second-order valence-electron chi connectivity index (χ2n) is 15.2. The van der Waals surface area contributed by atoms with Gasteiger partial charge in [0.25, 0.3) is 0 Å². The van der Waals surface area contributed by atoms with Crippen LogP contribution in [0.3, 0.4) is 0 Å². The monoisotopic (exact) mass is 753 g/mol. The summed E-state index contributed by atoms with van der Waals surface area (Å²) in [7, 11) is 0. The number of nitrogens with zero attached hydrogens (tertiary/aromatic N) is 5. The van der Waals surface area contributed by atoms with E-state index in [1.807, 2.05) is 12.1 Å². The minimum atomic E-state index is 0.546. The Bertz CT molecular complexity index is 3810. The zero-order valence-corrected chi connectivity index (χ0v) is 31.5. The summed E-state index contributed by atoms with van der Waals surface area (Å²) in [6.45, 7) is 0. The van der Waals surface area contributed by atoms with E-state index in [2.05, 4.69) is 185 Å². The Hall–Kier alpha value is -8.09. The number of fused-ring (bicyclic) bond motifs is 11. The van der Waals surface area contributed by atoms with Crippen molar-refractivity contribution in [1.29, 1.82) is 0 Å².